The van der Waals surface area contributed by atoms with Gasteiger partial charge in [0.15, 0.2) is 0 Å². The number of amides is 1. The van der Waals surface area contributed by atoms with E-state index in [9.17, 15) is 4.79 Å². The lowest BCUT2D eigenvalue weighted by molar-refractivity contribution is -0.117. The molecule has 3 N–H and O–H groups in total. The topological polar surface area (TPSA) is 68.0 Å². The van der Waals surface area contributed by atoms with Crippen LogP contribution in [0.15, 0.2) is 23.7 Å². The van der Waals surface area contributed by atoms with Crippen LogP contribution >= 0.6 is 23.6 Å². The highest BCUT2D eigenvalue weighted by molar-refractivity contribution is 7.80. The van der Waals surface area contributed by atoms with Gasteiger partial charge in [0, 0.05) is 5.69 Å². The molecule has 0 radical (unpaired) electrons. The Balaban J connectivity index is 2.18. The first-order chi connectivity index (χ1) is 8.08. The van der Waals surface area contributed by atoms with Gasteiger partial charge < -0.3 is 11.1 Å². The molecule has 1 unspecified atom stereocenters. The van der Waals surface area contributed by atoms with Crippen molar-refractivity contribution in [3.8, 4) is 0 Å². The molecule has 0 spiro atoms. The molecule has 88 valence electrons. The van der Waals surface area contributed by atoms with Gasteiger partial charge in [-0.05, 0) is 25.1 Å². The van der Waals surface area contributed by atoms with Gasteiger partial charge in [-0.3, -0.25) is 4.79 Å². The Morgan fingerprint density at radius 3 is 3.06 bits per heavy atom. The quantitative estimate of drug-likeness (QED) is 0.834. The number of rotatable bonds is 3. The first-order valence-electron chi connectivity index (χ1n) is 5.01. The summed E-state index contributed by atoms with van der Waals surface area (Å²) in [6.07, 6.45) is 0. The number of thiazole rings is 1. The number of thiocarbonyl (C=S) groups is 1. The van der Waals surface area contributed by atoms with Crippen molar-refractivity contribution in [2.24, 2.45) is 11.7 Å². The third-order valence-corrected chi connectivity index (χ3v) is 3.56. The second-order valence-electron chi connectivity index (χ2n) is 3.65. The van der Waals surface area contributed by atoms with Crippen LogP contribution in [0.25, 0.3) is 10.2 Å². The highest BCUT2D eigenvalue weighted by Crippen LogP contribution is 2.22. The van der Waals surface area contributed by atoms with E-state index >= 15 is 0 Å². The summed E-state index contributed by atoms with van der Waals surface area (Å²) in [5.41, 5.74) is 8.86. The molecule has 2 rings (SSSR count). The van der Waals surface area contributed by atoms with Gasteiger partial charge in [0.1, 0.15) is 0 Å². The molecule has 1 amide bonds. The zero-order valence-electron chi connectivity index (χ0n) is 9.14. The van der Waals surface area contributed by atoms with Gasteiger partial charge in [0.25, 0.3) is 0 Å². The summed E-state index contributed by atoms with van der Waals surface area (Å²) in [5, 5.41) is 2.78. The van der Waals surface area contributed by atoms with E-state index in [0.717, 1.165) is 15.9 Å². The number of hydrogen-bond donors (Lipinski definition) is 2. The molecular weight excluding hydrogens is 254 g/mol. The fourth-order valence-corrected chi connectivity index (χ4v) is 2.14. The molecule has 6 heteroatoms. The van der Waals surface area contributed by atoms with Gasteiger partial charge in [0.2, 0.25) is 5.91 Å². The van der Waals surface area contributed by atoms with E-state index in [0.29, 0.717) is 0 Å². The zero-order chi connectivity index (χ0) is 12.4. The van der Waals surface area contributed by atoms with Gasteiger partial charge in [-0.25, -0.2) is 4.98 Å². The molecule has 0 aliphatic heterocycles. The SMILES string of the molecule is CC(C(=O)Nc1ccc2ncsc2c1)C(N)=S. The first-order valence-corrected chi connectivity index (χ1v) is 6.30. The van der Waals surface area contributed by atoms with Crippen molar-refractivity contribution in [2.45, 2.75) is 6.92 Å². The van der Waals surface area contributed by atoms with Crippen LogP contribution in [0.4, 0.5) is 5.69 Å². The number of carbonyl (C=O) groups is 1. The number of fused-ring (bicyclic) bond motifs is 1. The molecule has 4 nitrogen and oxygen atoms in total. The van der Waals surface area contributed by atoms with Gasteiger partial charge in [-0.15, -0.1) is 11.3 Å². The van der Waals surface area contributed by atoms with Crippen LogP contribution in [-0.2, 0) is 4.79 Å². The molecule has 2 aromatic rings. The lowest BCUT2D eigenvalue weighted by atomic mass is 10.1. The van der Waals surface area contributed by atoms with Crippen molar-refractivity contribution in [3.63, 3.8) is 0 Å². The summed E-state index contributed by atoms with van der Waals surface area (Å²) in [6, 6.07) is 5.57. The number of benzene rings is 1. The summed E-state index contributed by atoms with van der Waals surface area (Å²) in [4.78, 5) is 16.1. The Morgan fingerprint density at radius 1 is 1.59 bits per heavy atom. The zero-order valence-corrected chi connectivity index (χ0v) is 10.8. The molecule has 1 atom stereocenters. The summed E-state index contributed by atoms with van der Waals surface area (Å²) < 4.78 is 1.03. The number of anilines is 1. The third kappa shape index (κ3) is 2.59. The van der Waals surface area contributed by atoms with Gasteiger partial charge in [-0.2, -0.15) is 0 Å². The summed E-state index contributed by atoms with van der Waals surface area (Å²) >= 11 is 6.31. The van der Waals surface area contributed by atoms with Crippen molar-refractivity contribution in [2.75, 3.05) is 5.32 Å². The molecule has 1 aromatic heterocycles. The highest BCUT2D eigenvalue weighted by Gasteiger charge is 2.15. The number of nitrogens with zero attached hydrogens (tertiary/aromatic N) is 1. The van der Waals surface area contributed by atoms with Crippen molar-refractivity contribution in [3.05, 3.63) is 23.7 Å². The normalized spacial score (nSPS) is 12.3. The average Bonchev–Trinajstić information content (AvgIpc) is 2.74. The van der Waals surface area contributed by atoms with Crippen molar-refractivity contribution in [1.29, 1.82) is 0 Å². The standard InChI is InChI=1S/C11H11N3OS2/c1-6(10(12)16)11(15)14-7-2-3-8-9(4-7)17-5-13-8/h2-6H,1H3,(H2,12,16)(H,14,15). The Labute approximate surface area is 108 Å². The molecule has 17 heavy (non-hydrogen) atoms. The van der Waals surface area contributed by atoms with Crippen LogP contribution in [0.5, 0.6) is 0 Å². The van der Waals surface area contributed by atoms with Crippen LogP contribution in [-0.4, -0.2) is 15.9 Å². The fourth-order valence-electron chi connectivity index (χ4n) is 1.31. The van der Waals surface area contributed by atoms with E-state index in [1.54, 1.807) is 12.4 Å². The maximum Gasteiger partial charge on any atom is 0.234 e. The monoisotopic (exact) mass is 265 g/mol. The molecule has 0 saturated carbocycles. The second-order valence-corrected chi connectivity index (χ2v) is 5.01. The van der Waals surface area contributed by atoms with E-state index in [-0.39, 0.29) is 10.9 Å². The second kappa shape index (κ2) is 4.77. The molecule has 0 fully saturated rings. The Hall–Kier alpha value is -1.53. The summed E-state index contributed by atoms with van der Waals surface area (Å²) in [5.74, 6) is -0.663. The van der Waals surface area contributed by atoms with E-state index < -0.39 is 5.92 Å². The minimum atomic E-state index is -0.470. The molecular formula is C11H11N3OS2. The van der Waals surface area contributed by atoms with Crippen molar-refractivity contribution < 1.29 is 4.79 Å². The molecule has 0 aliphatic rings. The summed E-state index contributed by atoms with van der Waals surface area (Å²) in [6.45, 7) is 1.68. The summed E-state index contributed by atoms with van der Waals surface area (Å²) in [7, 11) is 0. The van der Waals surface area contributed by atoms with Gasteiger partial charge in [0.05, 0.1) is 26.6 Å². The lowest BCUT2D eigenvalue weighted by Gasteiger charge is -2.10. The maximum atomic E-state index is 11.7. The average molecular weight is 265 g/mol. The predicted octanol–water partition coefficient (Wildman–Crippen LogP) is 2.16. The Bertz CT molecular complexity index is 579. The number of hydrogen-bond acceptors (Lipinski definition) is 4. The smallest absolute Gasteiger partial charge is 0.234 e. The van der Waals surface area contributed by atoms with Crippen molar-refractivity contribution in [1.82, 2.24) is 4.98 Å². The number of nitrogens with one attached hydrogen (secondary N) is 1. The van der Waals surface area contributed by atoms with Crippen LogP contribution < -0.4 is 11.1 Å². The van der Waals surface area contributed by atoms with Crippen LogP contribution in [0.2, 0.25) is 0 Å². The Morgan fingerprint density at radius 2 is 2.35 bits per heavy atom. The molecule has 1 heterocycles. The maximum absolute atomic E-state index is 11.7. The predicted molar refractivity (Wildman–Crippen MR) is 74.2 cm³/mol. The largest absolute Gasteiger partial charge is 0.393 e. The van der Waals surface area contributed by atoms with Crippen LogP contribution in [0, 0.1) is 5.92 Å². The third-order valence-electron chi connectivity index (χ3n) is 2.42. The minimum absolute atomic E-state index is 0.193. The molecule has 0 bridgehead atoms. The number of carbonyl (C=O) groups excluding carboxylic acids is 1. The van der Waals surface area contributed by atoms with E-state index in [4.69, 9.17) is 18.0 Å². The van der Waals surface area contributed by atoms with E-state index in [2.05, 4.69) is 10.3 Å². The first kappa shape index (κ1) is 11.9. The molecule has 1 aromatic carbocycles. The molecule has 0 aliphatic carbocycles. The fraction of sp³-hybridized carbons (Fsp3) is 0.182. The lowest BCUT2D eigenvalue weighted by Crippen LogP contribution is -2.30. The van der Waals surface area contributed by atoms with Gasteiger partial charge in [-0.1, -0.05) is 12.2 Å². The number of nitrogens with two attached hydrogens (primary N) is 1. The number of aromatic nitrogens is 1. The molecule has 0 saturated heterocycles. The minimum Gasteiger partial charge on any atom is -0.393 e. The Kier molecular flexibility index (Phi) is 3.35. The van der Waals surface area contributed by atoms with Crippen LogP contribution in [0.3, 0.4) is 0 Å². The highest BCUT2D eigenvalue weighted by atomic mass is 32.1. The van der Waals surface area contributed by atoms with E-state index in [1.165, 1.54) is 11.3 Å². The van der Waals surface area contributed by atoms with Gasteiger partial charge >= 0.3 is 0 Å². The van der Waals surface area contributed by atoms with Crippen molar-refractivity contribution >= 4 is 50.4 Å². The van der Waals surface area contributed by atoms with E-state index in [1.807, 2.05) is 18.2 Å². The van der Waals surface area contributed by atoms with Crippen LogP contribution in [0.1, 0.15) is 6.92 Å².